The van der Waals surface area contributed by atoms with E-state index < -0.39 is 11.9 Å². The van der Waals surface area contributed by atoms with Gasteiger partial charge >= 0.3 is 5.76 Å². The summed E-state index contributed by atoms with van der Waals surface area (Å²) in [5.74, 6) is -0.352. The molecule has 0 radical (unpaired) electrons. The third-order valence-corrected chi connectivity index (χ3v) is 4.34. The van der Waals surface area contributed by atoms with Crippen LogP contribution in [0.25, 0.3) is 11.1 Å². The van der Waals surface area contributed by atoms with Gasteiger partial charge < -0.3 is 19.4 Å². The van der Waals surface area contributed by atoms with E-state index >= 15 is 0 Å². The number of para-hydroxylation sites is 2. The number of nitrogens with zero attached hydrogens (tertiary/aromatic N) is 1. The molecule has 4 rings (SSSR count). The molecule has 1 unspecified atom stereocenters. The molecule has 1 aliphatic rings. The standard InChI is InChI=1S/C19H17N3O5/c1-11-18(24)22(14-4-2-3-5-16(14)26-11)9-8-17(23)20-12-6-7-15-13(10-12)21-19(25)27-15/h2-7,10-11H,8-9H2,1H3,(H,20,23)(H,21,25). The van der Waals surface area contributed by atoms with Gasteiger partial charge in [-0.1, -0.05) is 12.1 Å². The number of H-pyrrole nitrogens is 1. The summed E-state index contributed by atoms with van der Waals surface area (Å²) in [6.07, 6.45) is -0.476. The van der Waals surface area contributed by atoms with Crippen LogP contribution in [0, 0.1) is 0 Å². The Kier molecular flexibility index (Phi) is 4.15. The number of ether oxygens (including phenoxy) is 1. The van der Waals surface area contributed by atoms with Gasteiger partial charge in [0.25, 0.3) is 5.91 Å². The number of anilines is 2. The van der Waals surface area contributed by atoms with E-state index in [2.05, 4.69) is 10.3 Å². The number of amides is 2. The monoisotopic (exact) mass is 367 g/mol. The number of aromatic amines is 1. The highest BCUT2D eigenvalue weighted by Gasteiger charge is 2.31. The highest BCUT2D eigenvalue weighted by Crippen LogP contribution is 2.33. The molecule has 138 valence electrons. The van der Waals surface area contributed by atoms with Crippen LogP contribution in [0.2, 0.25) is 0 Å². The minimum Gasteiger partial charge on any atom is -0.479 e. The van der Waals surface area contributed by atoms with Gasteiger partial charge in [0.05, 0.1) is 11.2 Å². The van der Waals surface area contributed by atoms with Gasteiger partial charge in [-0.15, -0.1) is 0 Å². The zero-order chi connectivity index (χ0) is 19.0. The molecule has 8 heteroatoms. The van der Waals surface area contributed by atoms with E-state index in [-0.39, 0.29) is 24.8 Å². The average molecular weight is 367 g/mol. The lowest BCUT2D eigenvalue weighted by Gasteiger charge is -2.32. The summed E-state index contributed by atoms with van der Waals surface area (Å²) >= 11 is 0. The number of carbonyl (C=O) groups excluding carboxylic acids is 2. The summed E-state index contributed by atoms with van der Waals surface area (Å²) in [5, 5.41) is 2.76. The molecule has 1 aromatic heterocycles. The zero-order valence-corrected chi connectivity index (χ0v) is 14.5. The Morgan fingerprint density at radius 1 is 1.22 bits per heavy atom. The Morgan fingerprint density at radius 3 is 2.89 bits per heavy atom. The van der Waals surface area contributed by atoms with Gasteiger partial charge in [-0.05, 0) is 37.3 Å². The van der Waals surface area contributed by atoms with E-state index in [1.165, 1.54) is 0 Å². The van der Waals surface area contributed by atoms with Crippen molar-refractivity contribution in [3.63, 3.8) is 0 Å². The van der Waals surface area contributed by atoms with Crippen LogP contribution in [0.1, 0.15) is 13.3 Å². The van der Waals surface area contributed by atoms with Crippen LogP contribution in [0.4, 0.5) is 11.4 Å². The summed E-state index contributed by atoms with van der Waals surface area (Å²) in [6.45, 7) is 1.92. The number of hydrogen-bond acceptors (Lipinski definition) is 5. The van der Waals surface area contributed by atoms with Gasteiger partial charge in [0, 0.05) is 18.7 Å². The Labute approximate surface area is 153 Å². The first-order valence-electron chi connectivity index (χ1n) is 8.51. The van der Waals surface area contributed by atoms with Crippen molar-refractivity contribution in [2.75, 3.05) is 16.8 Å². The SMILES string of the molecule is CC1Oc2ccccc2N(CCC(=O)Nc2ccc3oc(=O)[nH]c3c2)C1=O. The van der Waals surface area contributed by atoms with Gasteiger partial charge in [0.15, 0.2) is 11.7 Å². The fourth-order valence-corrected chi connectivity index (χ4v) is 3.06. The van der Waals surface area contributed by atoms with Gasteiger partial charge in [-0.3, -0.25) is 14.6 Å². The number of carbonyl (C=O) groups is 2. The molecule has 0 bridgehead atoms. The second-order valence-electron chi connectivity index (χ2n) is 6.24. The predicted octanol–water partition coefficient (Wildman–Crippen LogP) is 2.26. The fraction of sp³-hybridized carbons (Fsp3) is 0.211. The molecule has 0 aliphatic carbocycles. The quantitative estimate of drug-likeness (QED) is 0.736. The Morgan fingerprint density at radius 2 is 2.04 bits per heavy atom. The lowest BCUT2D eigenvalue weighted by Crippen LogP contribution is -2.45. The second-order valence-corrected chi connectivity index (χ2v) is 6.24. The maximum absolute atomic E-state index is 12.4. The maximum atomic E-state index is 12.4. The highest BCUT2D eigenvalue weighted by molar-refractivity contribution is 6.01. The predicted molar refractivity (Wildman–Crippen MR) is 99.0 cm³/mol. The summed E-state index contributed by atoms with van der Waals surface area (Å²) in [7, 11) is 0. The Bertz CT molecular complexity index is 1080. The number of rotatable bonds is 4. The van der Waals surface area contributed by atoms with Crippen molar-refractivity contribution >= 4 is 34.3 Å². The van der Waals surface area contributed by atoms with Crippen LogP contribution in [-0.4, -0.2) is 29.4 Å². The number of benzene rings is 2. The molecule has 2 amide bonds. The van der Waals surface area contributed by atoms with E-state index in [9.17, 15) is 14.4 Å². The van der Waals surface area contributed by atoms with Crippen molar-refractivity contribution < 1.29 is 18.7 Å². The van der Waals surface area contributed by atoms with Crippen LogP contribution in [0.3, 0.4) is 0 Å². The van der Waals surface area contributed by atoms with Crippen molar-refractivity contribution in [2.24, 2.45) is 0 Å². The lowest BCUT2D eigenvalue weighted by atomic mass is 10.1. The smallest absolute Gasteiger partial charge is 0.417 e. The normalized spacial score (nSPS) is 16.1. The van der Waals surface area contributed by atoms with Crippen molar-refractivity contribution in [3.05, 3.63) is 53.0 Å². The van der Waals surface area contributed by atoms with Crippen molar-refractivity contribution in [3.8, 4) is 5.75 Å². The first-order valence-corrected chi connectivity index (χ1v) is 8.51. The fourth-order valence-electron chi connectivity index (χ4n) is 3.06. The van der Waals surface area contributed by atoms with Crippen molar-refractivity contribution in [2.45, 2.75) is 19.4 Å². The van der Waals surface area contributed by atoms with Gasteiger partial charge in [0.2, 0.25) is 5.91 Å². The third kappa shape index (κ3) is 3.29. The highest BCUT2D eigenvalue weighted by atomic mass is 16.5. The molecule has 2 aromatic carbocycles. The topological polar surface area (TPSA) is 105 Å². The minimum absolute atomic E-state index is 0.118. The van der Waals surface area contributed by atoms with Gasteiger partial charge in [-0.25, -0.2) is 4.79 Å². The molecular formula is C19H17N3O5. The molecule has 2 N–H and O–H groups in total. The lowest BCUT2D eigenvalue weighted by molar-refractivity contribution is -0.125. The Balaban J connectivity index is 1.45. The Hall–Kier alpha value is -3.55. The number of hydrogen-bond donors (Lipinski definition) is 2. The molecule has 2 heterocycles. The van der Waals surface area contributed by atoms with E-state index in [1.807, 2.05) is 12.1 Å². The average Bonchev–Trinajstić information content (AvgIpc) is 3.01. The summed E-state index contributed by atoms with van der Waals surface area (Å²) in [4.78, 5) is 40.1. The maximum Gasteiger partial charge on any atom is 0.417 e. The third-order valence-electron chi connectivity index (χ3n) is 4.34. The molecule has 8 nitrogen and oxygen atoms in total. The molecular weight excluding hydrogens is 350 g/mol. The number of fused-ring (bicyclic) bond motifs is 2. The van der Waals surface area contributed by atoms with Crippen LogP contribution in [-0.2, 0) is 9.59 Å². The second kappa shape index (κ2) is 6.64. The summed E-state index contributed by atoms with van der Waals surface area (Å²) in [6, 6.07) is 12.1. The minimum atomic E-state index is -0.594. The van der Waals surface area contributed by atoms with Crippen LogP contribution in [0.5, 0.6) is 5.75 Å². The van der Waals surface area contributed by atoms with Crippen molar-refractivity contribution in [1.29, 1.82) is 0 Å². The molecule has 3 aromatic rings. The van der Waals surface area contributed by atoms with E-state index in [0.717, 1.165) is 0 Å². The first kappa shape index (κ1) is 16.9. The molecule has 1 atom stereocenters. The molecule has 27 heavy (non-hydrogen) atoms. The largest absolute Gasteiger partial charge is 0.479 e. The van der Waals surface area contributed by atoms with E-state index in [0.29, 0.717) is 28.2 Å². The number of nitrogens with one attached hydrogen (secondary N) is 2. The van der Waals surface area contributed by atoms with E-state index in [1.54, 1.807) is 42.2 Å². The van der Waals surface area contributed by atoms with Gasteiger partial charge in [0.1, 0.15) is 5.75 Å². The van der Waals surface area contributed by atoms with Gasteiger partial charge in [-0.2, -0.15) is 0 Å². The molecule has 0 spiro atoms. The van der Waals surface area contributed by atoms with Crippen LogP contribution in [0.15, 0.2) is 51.7 Å². The van der Waals surface area contributed by atoms with E-state index in [4.69, 9.17) is 9.15 Å². The molecule has 0 saturated heterocycles. The summed E-state index contributed by atoms with van der Waals surface area (Å²) < 4.78 is 10.5. The van der Waals surface area contributed by atoms with Crippen molar-refractivity contribution in [1.82, 2.24) is 4.98 Å². The molecule has 1 aliphatic heterocycles. The van der Waals surface area contributed by atoms with Crippen LogP contribution < -0.4 is 20.7 Å². The number of oxazole rings is 1. The first-order chi connectivity index (χ1) is 13.0. The number of aromatic nitrogens is 1. The molecule has 0 fully saturated rings. The zero-order valence-electron chi connectivity index (χ0n) is 14.5. The summed E-state index contributed by atoms with van der Waals surface area (Å²) in [5.41, 5.74) is 2.11. The van der Waals surface area contributed by atoms with Crippen LogP contribution >= 0.6 is 0 Å². The molecule has 0 saturated carbocycles.